The van der Waals surface area contributed by atoms with Gasteiger partial charge in [0.25, 0.3) is 0 Å². The second-order valence-electron chi connectivity index (χ2n) is 8.66. The maximum atomic E-state index is 12.9. The zero-order chi connectivity index (χ0) is 22.5. The molecular formula is C23H31N3O6. The van der Waals surface area contributed by atoms with Gasteiger partial charge in [-0.15, -0.1) is 0 Å². The molecule has 1 aliphatic carbocycles. The molecule has 1 saturated carbocycles. The first-order valence-electron chi connectivity index (χ1n) is 11.3. The summed E-state index contributed by atoms with van der Waals surface area (Å²) in [4.78, 5) is 39.0. The zero-order valence-electron chi connectivity index (χ0n) is 18.4. The van der Waals surface area contributed by atoms with Crippen molar-refractivity contribution in [3.63, 3.8) is 0 Å². The van der Waals surface area contributed by atoms with Gasteiger partial charge in [0.15, 0.2) is 0 Å². The van der Waals surface area contributed by atoms with Crippen LogP contribution in [-0.4, -0.2) is 74.4 Å². The SMILES string of the molecule is COC(=O)[C@H](Cc1ccc(OC(=O)N2CCOCC2)cc1)NC(=O)C1NC2CCC1CC2. The predicted octanol–water partition coefficient (Wildman–Crippen LogP) is 1.25. The summed E-state index contributed by atoms with van der Waals surface area (Å²) in [6.07, 6.45) is 4.19. The van der Waals surface area contributed by atoms with E-state index in [4.69, 9.17) is 14.2 Å². The van der Waals surface area contributed by atoms with Gasteiger partial charge in [-0.1, -0.05) is 12.1 Å². The van der Waals surface area contributed by atoms with Crippen LogP contribution in [-0.2, 0) is 25.5 Å². The number of ether oxygens (including phenoxy) is 3. The van der Waals surface area contributed by atoms with E-state index in [0.717, 1.165) is 31.2 Å². The van der Waals surface area contributed by atoms with Gasteiger partial charge in [-0.2, -0.15) is 0 Å². The van der Waals surface area contributed by atoms with Gasteiger partial charge >= 0.3 is 12.1 Å². The molecule has 32 heavy (non-hydrogen) atoms. The molecule has 4 fully saturated rings. The monoisotopic (exact) mass is 445 g/mol. The normalized spacial score (nSPS) is 25.7. The van der Waals surface area contributed by atoms with E-state index in [2.05, 4.69) is 10.6 Å². The van der Waals surface area contributed by atoms with E-state index in [0.29, 0.717) is 44.0 Å². The lowest BCUT2D eigenvalue weighted by Gasteiger charge is -2.42. The van der Waals surface area contributed by atoms with Gasteiger partial charge in [-0.05, 0) is 49.3 Å². The lowest BCUT2D eigenvalue weighted by Crippen LogP contribution is -2.60. The molecule has 5 rings (SSSR count). The topological polar surface area (TPSA) is 106 Å². The molecule has 174 valence electrons. The molecule has 0 radical (unpaired) electrons. The first kappa shape index (κ1) is 22.5. The standard InChI is InChI=1S/C23H31N3O6/c1-30-22(28)19(25-21(27)20-16-4-6-17(24-20)7-5-16)14-15-2-8-18(9-3-15)32-23(29)26-10-12-31-13-11-26/h2-3,8-9,16-17,19-20,24H,4-7,10-14H2,1H3,(H,25,27)/t16?,17?,19-,20?/m0/s1. The molecule has 3 aliphatic heterocycles. The molecular weight excluding hydrogens is 414 g/mol. The van der Waals surface area contributed by atoms with Crippen molar-refractivity contribution in [1.82, 2.24) is 15.5 Å². The van der Waals surface area contributed by atoms with Crippen LogP contribution in [0.1, 0.15) is 31.2 Å². The summed E-state index contributed by atoms with van der Waals surface area (Å²) >= 11 is 0. The summed E-state index contributed by atoms with van der Waals surface area (Å²) < 4.78 is 15.6. The highest BCUT2D eigenvalue weighted by Gasteiger charge is 2.40. The summed E-state index contributed by atoms with van der Waals surface area (Å²) in [5.74, 6) is 0.109. The quantitative estimate of drug-likeness (QED) is 0.635. The third-order valence-corrected chi connectivity index (χ3v) is 6.58. The molecule has 3 heterocycles. The number of amides is 2. The Morgan fingerprint density at radius 3 is 2.41 bits per heavy atom. The fourth-order valence-corrected chi connectivity index (χ4v) is 4.74. The van der Waals surface area contributed by atoms with E-state index >= 15 is 0 Å². The minimum absolute atomic E-state index is 0.147. The summed E-state index contributed by atoms with van der Waals surface area (Å²) in [7, 11) is 1.32. The van der Waals surface area contributed by atoms with Crippen molar-refractivity contribution < 1.29 is 28.6 Å². The number of rotatable bonds is 6. The van der Waals surface area contributed by atoms with Crippen LogP contribution in [0.3, 0.4) is 0 Å². The average molecular weight is 446 g/mol. The zero-order valence-corrected chi connectivity index (χ0v) is 18.4. The smallest absolute Gasteiger partial charge is 0.415 e. The highest BCUT2D eigenvalue weighted by Crippen LogP contribution is 2.33. The minimum Gasteiger partial charge on any atom is -0.467 e. The van der Waals surface area contributed by atoms with Crippen molar-refractivity contribution in [2.45, 2.75) is 50.2 Å². The van der Waals surface area contributed by atoms with Gasteiger partial charge in [-0.3, -0.25) is 4.79 Å². The molecule has 2 N–H and O–H groups in total. The maximum absolute atomic E-state index is 12.9. The van der Waals surface area contributed by atoms with Crippen molar-refractivity contribution in [3.05, 3.63) is 29.8 Å². The number of nitrogens with one attached hydrogen (secondary N) is 2. The highest BCUT2D eigenvalue weighted by atomic mass is 16.6. The second kappa shape index (κ2) is 10.3. The van der Waals surface area contributed by atoms with E-state index < -0.39 is 18.1 Å². The number of esters is 1. The van der Waals surface area contributed by atoms with E-state index in [9.17, 15) is 14.4 Å². The maximum Gasteiger partial charge on any atom is 0.415 e. The Labute approximate surface area is 187 Å². The summed E-state index contributed by atoms with van der Waals surface area (Å²) in [5, 5.41) is 6.29. The Kier molecular flexibility index (Phi) is 7.26. The molecule has 4 aliphatic rings. The van der Waals surface area contributed by atoms with Crippen molar-refractivity contribution in [2.24, 2.45) is 5.92 Å². The van der Waals surface area contributed by atoms with E-state index in [1.165, 1.54) is 7.11 Å². The van der Waals surface area contributed by atoms with Crippen molar-refractivity contribution in [3.8, 4) is 5.75 Å². The molecule has 0 spiro atoms. The molecule has 2 atom stereocenters. The molecule has 3 saturated heterocycles. The van der Waals surface area contributed by atoms with Crippen LogP contribution < -0.4 is 15.4 Å². The van der Waals surface area contributed by atoms with Crippen LogP contribution in [0.5, 0.6) is 5.75 Å². The van der Waals surface area contributed by atoms with Gasteiger partial charge in [0.05, 0.1) is 26.4 Å². The summed E-state index contributed by atoms with van der Waals surface area (Å²) in [6.45, 7) is 2.03. The predicted molar refractivity (Wildman–Crippen MR) is 115 cm³/mol. The Hall–Kier alpha value is -2.65. The Balaban J connectivity index is 1.34. The number of fused-ring (bicyclic) bond motifs is 3. The van der Waals surface area contributed by atoms with Gasteiger partial charge in [-0.25, -0.2) is 9.59 Å². The number of benzene rings is 1. The first-order valence-corrected chi connectivity index (χ1v) is 11.3. The van der Waals surface area contributed by atoms with Crippen LogP contribution in [0.4, 0.5) is 4.79 Å². The largest absolute Gasteiger partial charge is 0.467 e. The molecule has 1 aromatic carbocycles. The van der Waals surface area contributed by atoms with Crippen molar-refractivity contribution >= 4 is 18.0 Å². The molecule has 2 bridgehead atoms. The Morgan fingerprint density at radius 1 is 1.12 bits per heavy atom. The Morgan fingerprint density at radius 2 is 1.81 bits per heavy atom. The number of hydrogen-bond acceptors (Lipinski definition) is 7. The van der Waals surface area contributed by atoms with Crippen LogP contribution in [0.25, 0.3) is 0 Å². The number of carbonyl (C=O) groups is 3. The summed E-state index contributed by atoms with van der Waals surface area (Å²) in [6, 6.07) is 6.29. The lowest BCUT2D eigenvalue weighted by atomic mass is 9.76. The molecule has 1 unspecified atom stereocenters. The van der Waals surface area contributed by atoms with E-state index in [1.54, 1.807) is 29.2 Å². The van der Waals surface area contributed by atoms with Crippen LogP contribution >= 0.6 is 0 Å². The van der Waals surface area contributed by atoms with Crippen LogP contribution in [0.15, 0.2) is 24.3 Å². The number of carbonyl (C=O) groups excluding carboxylic acids is 3. The number of methoxy groups -OCH3 is 1. The van der Waals surface area contributed by atoms with E-state index in [-0.39, 0.29) is 18.4 Å². The Bertz CT molecular complexity index is 816. The second-order valence-corrected chi connectivity index (χ2v) is 8.66. The first-order chi connectivity index (χ1) is 15.5. The van der Waals surface area contributed by atoms with Gasteiger partial charge in [0, 0.05) is 25.6 Å². The van der Waals surface area contributed by atoms with Gasteiger partial charge < -0.3 is 29.7 Å². The third kappa shape index (κ3) is 5.39. The highest BCUT2D eigenvalue weighted by molar-refractivity contribution is 5.88. The van der Waals surface area contributed by atoms with Gasteiger partial charge in [0.1, 0.15) is 11.8 Å². The lowest BCUT2D eigenvalue weighted by molar-refractivity contribution is -0.145. The fourth-order valence-electron chi connectivity index (χ4n) is 4.74. The van der Waals surface area contributed by atoms with Crippen molar-refractivity contribution in [1.29, 1.82) is 0 Å². The molecule has 9 nitrogen and oxygen atoms in total. The third-order valence-electron chi connectivity index (χ3n) is 6.58. The molecule has 9 heteroatoms. The summed E-state index contributed by atoms with van der Waals surface area (Å²) in [5.41, 5.74) is 0.824. The molecule has 2 amide bonds. The van der Waals surface area contributed by atoms with Gasteiger partial charge in [0.2, 0.25) is 5.91 Å². The van der Waals surface area contributed by atoms with E-state index in [1.807, 2.05) is 0 Å². The number of nitrogens with zero attached hydrogens (tertiary/aromatic N) is 1. The fraction of sp³-hybridized carbons (Fsp3) is 0.609. The number of hydrogen-bond donors (Lipinski definition) is 2. The average Bonchev–Trinajstić information content (AvgIpc) is 2.85. The molecule has 1 aromatic rings. The minimum atomic E-state index is -0.781. The van der Waals surface area contributed by atoms with Crippen LogP contribution in [0, 0.1) is 5.92 Å². The van der Waals surface area contributed by atoms with Crippen LogP contribution in [0.2, 0.25) is 0 Å². The van der Waals surface area contributed by atoms with Crippen molar-refractivity contribution in [2.75, 3.05) is 33.4 Å². The number of piperidine rings is 2. The molecule has 0 aromatic heterocycles. The number of morpholine rings is 1.